The quantitative estimate of drug-likeness (QED) is 0.319. The number of likely N-dealkylation sites (tertiary alicyclic amines) is 1. The molecule has 3 aromatic carbocycles. The number of hydrogen-bond acceptors (Lipinski definition) is 4. The second kappa shape index (κ2) is 10.5. The van der Waals surface area contributed by atoms with Crippen LogP contribution in [0, 0.1) is 5.82 Å². The summed E-state index contributed by atoms with van der Waals surface area (Å²) in [4.78, 5) is 15.6. The van der Waals surface area contributed by atoms with E-state index in [1.165, 1.54) is 24.3 Å². The van der Waals surface area contributed by atoms with E-state index in [9.17, 15) is 27.5 Å². The van der Waals surface area contributed by atoms with Crippen molar-refractivity contribution in [1.29, 1.82) is 0 Å². The molecule has 204 valence electrons. The van der Waals surface area contributed by atoms with Crippen LogP contribution >= 0.6 is 0 Å². The molecule has 5 rings (SSSR count). The maximum atomic E-state index is 14.2. The number of rotatable bonds is 6. The van der Waals surface area contributed by atoms with Crippen molar-refractivity contribution in [3.63, 3.8) is 0 Å². The van der Waals surface area contributed by atoms with Gasteiger partial charge in [0.05, 0.1) is 30.3 Å². The highest BCUT2D eigenvalue weighted by atomic mass is 19.4. The van der Waals surface area contributed by atoms with Crippen molar-refractivity contribution in [2.45, 2.75) is 37.7 Å². The number of hydrogen-bond donors (Lipinski definition) is 1. The van der Waals surface area contributed by atoms with E-state index in [4.69, 9.17) is 4.74 Å². The molecule has 1 saturated heterocycles. The molecule has 0 amide bonds. The molecule has 0 spiro atoms. The minimum absolute atomic E-state index is 0.221. The van der Waals surface area contributed by atoms with Crippen molar-refractivity contribution < 1.29 is 27.4 Å². The second-order valence-electron chi connectivity index (χ2n) is 10.0. The standard InChI is InChI=1S/C30H28F4N2O3/c1-39-26-7-2-4-20(14-26)18-36-27-17-25(31)9-8-21(27)15-22(28(36)37)19-35-12-10-29(38,11-13-35)23-5-3-6-24(16-23)30(32,33)34/h2-9,14-17,38H,10-13,18-19H2,1H3. The van der Waals surface area contributed by atoms with Crippen molar-refractivity contribution in [3.05, 3.63) is 111 Å². The molecule has 9 heteroatoms. The van der Waals surface area contributed by atoms with Gasteiger partial charge in [0, 0.05) is 25.2 Å². The van der Waals surface area contributed by atoms with Crippen molar-refractivity contribution in [2.24, 2.45) is 0 Å². The fraction of sp³-hybridized carbons (Fsp3) is 0.300. The monoisotopic (exact) mass is 540 g/mol. The molecule has 1 aliphatic heterocycles. The summed E-state index contributed by atoms with van der Waals surface area (Å²) in [5.74, 6) is 0.202. The van der Waals surface area contributed by atoms with Gasteiger partial charge in [0.2, 0.25) is 0 Å². The molecule has 0 radical (unpaired) electrons. The van der Waals surface area contributed by atoms with Crippen LogP contribution in [0.25, 0.3) is 10.9 Å². The predicted octanol–water partition coefficient (Wildman–Crippen LogP) is 5.70. The number of piperidine rings is 1. The lowest BCUT2D eigenvalue weighted by molar-refractivity contribution is -0.137. The number of methoxy groups -OCH3 is 1. The van der Waals surface area contributed by atoms with Crippen LogP contribution < -0.4 is 10.3 Å². The molecule has 1 aromatic heterocycles. The normalized spacial score (nSPS) is 15.9. The van der Waals surface area contributed by atoms with Crippen LogP contribution in [0.3, 0.4) is 0 Å². The lowest BCUT2D eigenvalue weighted by atomic mass is 9.83. The zero-order chi connectivity index (χ0) is 27.8. The Morgan fingerprint density at radius 2 is 1.69 bits per heavy atom. The maximum absolute atomic E-state index is 14.2. The third kappa shape index (κ3) is 5.69. The van der Waals surface area contributed by atoms with Crippen LogP contribution in [0.4, 0.5) is 17.6 Å². The largest absolute Gasteiger partial charge is 0.497 e. The van der Waals surface area contributed by atoms with Gasteiger partial charge in [0.25, 0.3) is 5.56 Å². The number of aliphatic hydroxyl groups is 1. The Labute approximate surface area is 222 Å². The summed E-state index contributed by atoms with van der Waals surface area (Å²) in [5.41, 5.74) is -0.375. The van der Waals surface area contributed by atoms with Crippen molar-refractivity contribution >= 4 is 10.9 Å². The Morgan fingerprint density at radius 3 is 2.41 bits per heavy atom. The highest BCUT2D eigenvalue weighted by Crippen LogP contribution is 2.37. The highest BCUT2D eigenvalue weighted by molar-refractivity contribution is 5.79. The predicted molar refractivity (Wildman–Crippen MR) is 140 cm³/mol. The van der Waals surface area contributed by atoms with E-state index < -0.39 is 23.2 Å². The van der Waals surface area contributed by atoms with Crippen LogP contribution in [-0.4, -0.2) is 34.8 Å². The number of ether oxygens (including phenoxy) is 1. The highest BCUT2D eigenvalue weighted by Gasteiger charge is 2.37. The molecule has 1 N–H and O–H groups in total. The minimum Gasteiger partial charge on any atom is -0.497 e. The summed E-state index contributed by atoms with van der Waals surface area (Å²) < 4.78 is 60.6. The zero-order valence-electron chi connectivity index (χ0n) is 21.3. The third-order valence-electron chi connectivity index (χ3n) is 7.41. The Hall–Kier alpha value is -3.69. The summed E-state index contributed by atoms with van der Waals surface area (Å²) in [5, 5.41) is 11.9. The topological polar surface area (TPSA) is 54.7 Å². The number of halogens is 4. The summed E-state index contributed by atoms with van der Waals surface area (Å²) in [6.45, 7) is 1.30. The van der Waals surface area contributed by atoms with E-state index in [0.29, 0.717) is 41.9 Å². The van der Waals surface area contributed by atoms with Crippen LogP contribution in [0.15, 0.2) is 77.6 Å². The van der Waals surface area contributed by atoms with E-state index in [-0.39, 0.29) is 30.5 Å². The Kier molecular flexibility index (Phi) is 7.22. The summed E-state index contributed by atoms with van der Waals surface area (Å²) in [7, 11) is 1.56. The van der Waals surface area contributed by atoms with Gasteiger partial charge in [-0.15, -0.1) is 0 Å². The molecule has 0 bridgehead atoms. The molecule has 2 heterocycles. The first kappa shape index (κ1) is 26.9. The Balaban J connectivity index is 1.40. The summed E-state index contributed by atoms with van der Waals surface area (Å²) >= 11 is 0. The molecular formula is C30H28F4N2O3. The number of fused-ring (bicyclic) bond motifs is 1. The van der Waals surface area contributed by atoms with Crippen molar-refractivity contribution in [3.8, 4) is 5.75 Å². The lowest BCUT2D eigenvalue weighted by Gasteiger charge is -2.38. The van der Waals surface area contributed by atoms with E-state index in [1.807, 2.05) is 23.1 Å². The van der Waals surface area contributed by atoms with Gasteiger partial charge in [-0.2, -0.15) is 13.2 Å². The van der Waals surface area contributed by atoms with E-state index in [2.05, 4.69) is 0 Å². The molecule has 0 saturated carbocycles. The number of nitrogens with zero attached hydrogens (tertiary/aromatic N) is 2. The lowest BCUT2D eigenvalue weighted by Crippen LogP contribution is -2.43. The molecule has 0 unspecified atom stereocenters. The molecular weight excluding hydrogens is 512 g/mol. The third-order valence-corrected chi connectivity index (χ3v) is 7.41. The van der Waals surface area contributed by atoms with Gasteiger partial charge < -0.3 is 14.4 Å². The molecule has 1 fully saturated rings. The van der Waals surface area contributed by atoms with Crippen LogP contribution in [-0.2, 0) is 24.9 Å². The fourth-order valence-corrected chi connectivity index (χ4v) is 5.22. The summed E-state index contributed by atoms with van der Waals surface area (Å²) in [6.07, 6.45) is -4.03. The number of aromatic nitrogens is 1. The number of benzene rings is 3. The number of alkyl halides is 3. The second-order valence-corrected chi connectivity index (χ2v) is 10.0. The molecule has 4 aromatic rings. The van der Waals surface area contributed by atoms with Gasteiger partial charge in [-0.1, -0.05) is 24.3 Å². The van der Waals surface area contributed by atoms with Gasteiger partial charge in [0.15, 0.2) is 0 Å². The summed E-state index contributed by atoms with van der Waals surface area (Å²) in [6, 6.07) is 18.2. The molecule has 39 heavy (non-hydrogen) atoms. The van der Waals surface area contributed by atoms with Gasteiger partial charge in [-0.05, 0) is 77.9 Å². The van der Waals surface area contributed by atoms with Crippen molar-refractivity contribution in [1.82, 2.24) is 9.47 Å². The van der Waals surface area contributed by atoms with Gasteiger partial charge in [-0.3, -0.25) is 9.69 Å². The SMILES string of the molecule is COc1cccc(Cn2c(=O)c(CN3CCC(O)(c4cccc(C(F)(F)F)c4)CC3)cc3ccc(F)cc32)c1. The average molecular weight is 541 g/mol. The molecule has 1 aliphatic rings. The average Bonchev–Trinajstić information content (AvgIpc) is 2.92. The molecule has 0 atom stereocenters. The first-order chi connectivity index (χ1) is 18.6. The first-order valence-corrected chi connectivity index (χ1v) is 12.6. The molecule has 0 aliphatic carbocycles. The fourth-order valence-electron chi connectivity index (χ4n) is 5.22. The van der Waals surface area contributed by atoms with Gasteiger partial charge >= 0.3 is 6.18 Å². The van der Waals surface area contributed by atoms with E-state index in [1.54, 1.807) is 29.9 Å². The Bertz CT molecular complexity index is 1560. The van der Waals surface area contributed by atoms with Crippen molar-refractivity contribution in [2.75, 3.05) is 20.2 Å². The van der Waals surface area contributed by atoms with Gasteiger partial charge in [0.1, 0.15) is 11.6 Å². The smallest absolute Gasteiger partial charge is 0.416 e. The minimum atomic E-state index is -4.49. The van der Waals surface area contributed by atoms with E-state index in [0.717, 1.165) is 17.7 Å². The zero-order valence-corrected chi connectivity index (χ0v) is 21.3. The molecule has 5 nitrogen and oxygen atoms in total. The van der Waals surface area contributed by atoms with Crippen LogP contribution in [0.5, 0.6) is 5.75 Å². The van der Waals surface area contributed by atoms with Crippen LogP contribution in [0.1, 0.15) is 35.1 Å². The van der Waals surface area contributed by atoms with E-state index >= 15 is 0 Å². The Morgan fingerprint density at radius 1 is 0.949 bits per heavy atom. The first-order valence-electron chi connectivity index (χ1n) is 12.6. The van der Waals surface area contributed by atoms with Crippen LogP contribution in [0.2, 0.25) is 0 Å². The van der Waals surface area contributed by atoms with Gasteiger partial charge in [-0.25, -0.2) is 4.39 Å². The maximum Gasteiger partial charge on any atom is 0.416 e. The number of pyridine rings is 1.